The fourth-order valence-corrected chi connectivity index (χ4v) is 10.3. The van der Waals surface area contributed by atoms with Crippen LogP contribution in [-0.4, -0.2) is 47.3 Å². The first kappa shape index (κ1) is 24.5. The van der Waals surface area contributed by atoms with Crippen molar-refractivity contribution in [3.63, 3.8) is 0 Å². The second kappa shape index (κ2) is 9.34. The second-order valence-electron chi connectivity index (χ2n) is 12.3. The maximum atomic E-state index is 11.7. The molecule has 0 bridgehead atoms. The Kier molecular flexibility index (Phi) is 6.73. The van der Waals surface area contributed by atoms with E-state index >= 15 is 0 Å². The van der Waals surface area contributed by atoms with Gasteiger partial charge in [0.25, 0.3) is 0 Å². The first-order valence-corrected chi connectivity index (χ1v) is 14.5. The number of aliphatic hydroxyl groups excluding tert-OH is 1. The Bertz CT molecular complexity index is 858. The van der Waals surface area contributed by atoms with E-state index in [4.69, 9.17) is 16.2 Å². The molecule has 0 aromatic carbocycles. The Hall–Kier alpha value is -1.21. The smallest absolute Gasteiger partial charge is 0.331 e. The van der Waals surface area contributed by atoms with Crippen molar-refractivity contribution < 1.29 is 14.6 Å². The lowest BCUT2D eigenvalue weighted by Gasteiger charge is -2.61. The molecular formula is C27H43N3O3S. The van der Waals surface area contributed by atoms with E-state index in [-0.39, 0.29) is 11.9 Å². The molecule has 7 heteroatoms. The standard InChI is InChI=1S/C27H43N3O3S/c1-26-9-7-19(34-15-18(31)13-30-25(28)29)12-17(26)3-4-20-22-6-5-21(16-11-24(32)33-14-16)27(22,2)10-8-23(20)26/h11,17-23,31H,3-10,12-15H2,1-2H3,(H4,28,29,30)/t17-,18?,19+,20+,21-,22+,23+,26+,27-/m1/s1. The van der Waals surface area contributed by atoms with E-state index in [2.05, 4.69) is 18.8 Å². The average molecular weight is 490 g/mol. The van der Waals surface area contributed by atoms with Crippen LogP contribution in [0.3, 0.4) is 0 Å². The molecule has 5 N–H and O–H groups in total. The van der Waals surface area contributed by atoms with Crippen molar-refractivity contribution in [2.24, 2.45) is 56.9 Å². The number of hydrogen-bond acceptors (Lipinski definition) is 5. The lowest BCUT2D eigenvalue weighted by molar-refractivity contribution is -0.135. The summed E-state index contributed by atoms with van der Waals surface area (Å²) in [6, 6.07) is 0. The highest BCUT2D eigenvalue weighted by Crippen LogP contribution is 2.68. The molecule has 1 aliphatic heterocycles. The van der Waals surface area contributed by atoms with Gasteiger partial charge in [-0.2, -0.15) is 11.8 Å². The van der Waals surface area contributed by atoms with Crippen LogP contribution >= 0.6 is 11.8 Å². The van der Waals surface area contributed by atoms with Gasteiger partial charge in [-0.1, -0.05) is 13.8 Å². The summed E-state index contributed by atoms with van der Waals surface area (Å²) < 4.78 is 5.30. The highest BCUT2D eigenvalue weighted by atomic mass is 32.2. The number of hydrogen-bond donors (Lipinski definition) is 3. The third-order valence-electron chi connectivity index (χ3n) is 10.8. The van der Waals surface area contributed by atoms with Crippen molar-refractivity contribution in [3.05, 3.63) is 11.6 Å². The van der Waals surface area contributed by atoms with E-state index in [1.807, 2.05) is 11.8 Å². The number of guanidine groups is 1. The van der Waals surface area contributed by atoms with Gasteiger partial charge in [0.2, 0.25) is 0 Å². The summed E-state index contributed by atoms with van der Waals surface area (Å²) in [5.41, 5.74) is 12.9. The predicted octanol–water partition coefficient (Wildman–Crippen LogP) is 3.86. The highest BCUT2D eigenvalue weighted by molar-refractivity contribution is 7.99. The SMILES string of the molecule is C[C@]12CC[C@H](SCC(O)CN=C(N)N)C[C@H]1CC[C@@H]1[C@@H]2CC[C@]2(C)[C@@H](C3=CC(=O)OC3)CC[C@@H]12. The van der Waals surface area contributed by atoms with Crippen LogP contribution < -0.4 is 11.5 Å². The molecule has 1 heterocycles. The zero-order valence-electron chi connectivity index (χ0n) is 20.9. The maximum Gasteiger partial charge on any atom is 0.331 e. The molecule has 0 radical (unpaired) electrons. The third-order valence-corrected chi connectivity index (χ3v) is 12.2. The topological polar surface area (TPSA) is 111 Å². The van der Waals surface area contributed by atoms with Gasteiger partial charge in [0.15, 0.2) is 5.96 Å². The van der Waals surface area contributed by atoms with Crippen molar-refractivity contribution in [1.82, 2.24) is 0 Å². The van der Waals surface area contributed by atoms with Crippen LogP contribution in [0.4, 0.5) is 0 Å². The molecular weight excluding hydrogens is 446 g/mol. The molecule has 0 aromatic heterocycles. The number of carbonyl (C=O) groups is 1. The monoisotopic (exact) mass is 489 g/mol. The van der Waals surface area contributed by atoms with E-state index in [1.54, 1.807) is 6.08 Å². The lowest BCUT2D eigenvalue weighted by atomic mass is 9.44. The number of esters is 1. The number of cyclic esters (lactones) is 1. The molecule has 9 atom stereocenters. The first-order valence-electron chi connectivity index (χ1n) is 13.4. The first-order chi connectivity index (χ1) is 16.2. The van der Waals surface area contributed by atoms with Crippen LogP contribution in [-0.2, 0) is 9.53 Å². The number of ether oxygens (including phenoxy) is 1. The van der Waals surface area contributed by atoms with Crippen molar-refractivity contribution in [1.29, 1.82) is 0 Å². The molecule has 5 aliphatic rings. The number of nitrogens with two attached hydrogens (primary N) is 2. The zero-order chi connectivity index (χ0) is 24.1. The van der Waals surface area contributed by atoms with Gasteiger partial charge in [0.05, 0.1) is 12.6 Å². The summed E-state index contributed by atoms with van der Waals surface area (Å²) in [7, 11) is 0. The number of carbonyl (C=O) groups excluding carboxylic acids is 1. The number of thioether (sulfide) groups is 1. The summed E-state index contributed by atoms with van der Waals surface area (Å²) in [6.45, 7) is 5.97. The van der Waals surface area contributed by atoms with Gasteiger partial charge in [0.1, 0.15) is 6.61 Å². The molecule has 0 aromatic rings. The molecule has 4 aliphatic carbocycles. The molecule has 6 nitrogen and oxygen atoms in total. The highest BCUT2D eigenvalue weighted by Gasteiger charge is 2.60. The second-order valence-corrected chi connectivity index (χ2v) is 13.6. The minimum atomic E-state index is -0.474. The normalized spacial score (nSPS) is 44.3. The fourth-order valence-electron chi connectivity index (χ4n) is 9.08. The quantitative estimate of drug-likeness (QED) is 0.297. The van der Waals surface area contributed by atoms with Gasteiger partial charge in [-0.15, -0.1) is 0 Å². The Morgan fingerprint density at radius 2 is 1.91 bits per heavy atom. The largest absolute Gasteiger partial charge is 0.458 e. The van der Waals surface area contributed by atoms with E-state index in [1.165, 1.54) is 63.4 Å². The number of nitrogens with zero attached hydrogens (tertiary/aromatic N) is 1. The number of fused-ring (bicyclic) bond motifs is 5. The molecule has 0 saturated heterocycles. The summed E-state index contributed by atoms with van der Waals surface area (Å²) in [5.74, 6) is 4.44. The van der Waals surface area contributed by atoms with Crippen LogP contribution in [0.1, 0.15) is 71.6 Å². The van der Waals surface area contributed by atoms with Crippen LogP contribution in [0.5, 0.6) is 0 Å². The fraction of sp³-hybridized carbons (Fsp3) is 0.852. The summed E-state index contributed by atoms with van der Waals surface area (Å²) in [4.78, 5) is 15.7. The Balaban J connectivity index is 1.22. The molecule has 0 amide bonds. The van der Waals surface area contributed by atoms with Crippen LogP contribution in [0, 0.1) is 40.4 Å². The van der Waals surface area contributed by atoms with E-state index in [9.17, 15) is 9.90 Å². The van der Waals surface area contributed by atoms with Crippen molar-refractivity contribution in [3.8, 4) is 0 Å². The molecule has 190 valence electrons. The van der Waals surface area contributed by atoms with Crippen molar-refractivity contribution in [2.45, 2.75) is 83.0 Å². The Labute approximate surface area is 208 Å². The third kappa shape index (κ3) is 4.29. The van der Waals surface area contributed by atoms with Crippen LogP contribution in [0.15, 0.2) is 16.6 Å². The van der Waals surface area contributed by atoms with Crippen molar-refractivity contribution in [2.75, 3.05) is 18.9 Å². The molecule has 4 saturated carbocycles. The number of aliphatic imine (C=N–C) groups is 1. The number of rotatable bonds is 6. The number of aliphatic hydroxyl groups is 1. The van der Waals surface area contributed by atoms with Gasteiger partial charge in [0, 0.05) is 17.1 Å². The average Bonchev–Trinajstić information content (AvgIpc) is 3.38. The van der Waals surface area contributed by atoms with Gasteiger partial charge >= 0.3 is 5.97 Å². The van der Waals surface area contributed by atoms with E-state index in [0.29, 0.717) is 40.9 Å². The van der Waals surface area contributed by atoms with E-state index in [0.717, 1.165) is 23.7 Å². The minimum Gasteiger partial charge on any atom is -0.458 e. The van der Waals surface area contributed by atoms with Gasteiger partial charge in [-0.25, -0.2) is 4.79 Å². The minimum absolute atomic E-state index is 0.0493. The summed E-state index contributed by atoms with van der Waals surface area (Å²) in [5, 5.41) is 10.9. The van der Waals surface area contributed by atoms with E-state index < -0.39 is 6.10 Å². The zero-order valence-corrected chi connectivity index (χ0v) is 21.7. The van der Waals surface area contributed by atoms with Gasteiger partial charge in [-0.3, -0.25) is 4.99 Å². The van der Waals surface area contributed by atoms with Crippen molar-refractivity contribution >= 4 is 23.7 Å². The molecule has 5 rings (SSSR count). The predicted molar refractivity (Wildman–Crippen MR) is 137 cm³/mol. The molecule has 4 fully saturated rings. The molecule has 34 heavy (non-hydrogen) atoms. The Morgan fingerprint density at radius 3 is 2.65 bits per heavy atom. The molecule has 1 unspecified atom stereocenters. The summed E-state index contributed by atoms with van der Waals surface area (Å²) in [6.07, 6.45) is 13.1. The molecule has 0 spiro atoms. The van der Waals surface area contributed by atoms with Crippen LogP contribution in [0.25, 0.3) is 0 Å². The summed E-state index contributed by atoms with van der Waals surface area (Å²) >= 11 is 1.92. The van der Waals surface area contributed by atoms with Gasteiger partial charge < -0.3 is 21.3 Å². The maximum absolute atomic E-state index is 11.7. The van der Waals surface area contributed by atoms with Crippen LogP contribution in [0.2, 0.25) is 0 Å². The Morgan fingerprint density at radius 1 is 1.15 bits per heavy atom. The lowest BCUT2D eigenvalue weighted by Crippen LogP contribution is -2.53. The van der Waals surface area contributed by atoms with Gasteiger partial charge in [-0.05, 0) is 104 Å².